The fourth-order valence-corrected chi connectivity index (χ4v) is 1.12. The van der Waals surface area contributed by atoms with Gasteiger partial charge < -0.3 is 10.6 Å². The molecule has 0 heterocycles. The van der Waals surface area contributed by atoms with E-state index in [0.717, 1.165) is 0 Å². The van der Waals surface area contributed by atoms with Gasteiger partial charge in [0.05, 0.1) is 11.8 Å². The molecule has 0 aliphatic heterocycles. The van der Waals surface area contributed by atoms with Crippen molar-refractivity contribution >= 4 is 17.5 Å². The summed E-state index contributed by atoms with van der Waals surface area (Å²) in [5.41, 5.74) is 0.294. The zero-order chi connectivity index (χ0) is 12.8. The van der Waals surface area contributed by atoms with Gasteiger partial charge in [-0.3, -0.25) is 9.59 Å². The maximum Gasteiger partial charge on any atom is 0.313 e. The van der Waals surface area contributed by atoms with Crippen LogP contribution in [0.3, 0.4) is 0 Å². The average molecular weight is 235 g/mol. The molecule has 0 saturated carbocycles. The summed E-state index contributed by atoms with van der Waals surface area (Å²) in [5.74, 6) is -2.58. The maximum atomic E-state index is 13.5. The molecule has 1 aromatic rings. The van der Waals surface area contributed by atoms with Crippen molar-refractivity contribution in [2.75, 3.05) is 11.9 Å². The SMILES string of the molecule is Cc1cccc(NC(=O)C(=O)NCC#N)c1F. The second kappa shape index (κ2) is 5.61. The minimum atomic E-state index is -1.01. The van der Waals surface area contributed by atoms with E-state index in [1.807, 2.05) is 0 Å². The zero-order valence-electron chi connectivity index (χ0n) is 9.08. The summed E-state index contributed by atoms with van der Waals surface area (Å²) in [7, 11) is 0. The van der Waals surface area contributed by atoms with Crippen LogP contribution in [0, 0.1) is 24.1 Å². The van der Waals surface area contributed by atoms with Gasteiger partial charge in [0.1, 0.15) is 12.4 Å². The quantitative estimate of drug-likeness (QED) is 0.585. The summed E-state index contributed by atoms with van der Waals surface area (Å²) in [5, 5.41) is 12.4. The molecule has 0 unspecified atom stereocenters. The molecule has 0 radical (unpaired) electrons. The first-order valence-corrected chi connectivity index (χ1v) is 4.77. The maximum absolute atomic E-state index is 13.5. The molecule has 0 spiro atoms. The third-order valence-electron chi connectivity index (χ3n) is 1.97. The second-order valence-corrected chi connectivity index (χ2v) is 3.23. The minimum Gasteiger partial charge on any atom is -0.335 e. The lowest BCUT2D eigenvalue weighted by Gasteiger charge is -2.06. The molecule has 0 aliphatic carbocycles. The van der Waals surface area contributed by atoms with Gasteiger partial charge in [0, 0.05) is 0 Å². The van der Waals surface area contributed by atoms with E-state index in [1.165, 1.54) is 6.07 Å². The van der Waals surface area contributed by atoms with Crippen LogP contribution in [0.1, 0.15) is 5.56 Å². The first-order chi connectivity index (χ1) is 8.06. The van der Waals surface area contributed by atoms with Crippen molar-refractivity contribution in [3.63, 3.8) is 0 Å². The molecule has 0 aliphatic rings. The van der Waals surface area contributed by atoms with Crippen molar-refractivity contribution in [1.82, 2.24) is 5.32 Å². The van der Waals surface area contributed by atoms with E-state index >= 15 is 0 Å². The smallest absolute Gasteiger partial charge is 0.313 e. The van der Waals surface area contributed by atoms with E-state index in [4.69, 9.17) is 5.26 Å². The van der Waals surface area contributed by atoms with E-state index in [1.54, 1.807) is 25.1 Å². The van der Waals surface area contributed by atoms with Gasteiger partial charge in [-0.15, -0.1) is 0 Å². The molecule has 0 saturated heterocycles. The van der Waals surface area contributed by atoms with E-state index in [0.29, 0.717) is 5.56 Å². The zero-order valence-corrected chi connectivity index (χ0v) is 9.08. The van der Waals surface area contributed by atoms with Gasteiger partial charge in [-0.2, -0.15) is 5.26 Å². The Labute approximate surface area is 97.2 Å². The molecule has 5 nitrogen and oxygen atoms in total. The van der Waals surface area contributed by atoms with Gasteiger partial charge in [0.2, 0.25) is 0 Å². The Hall–Kier alpha value is -2.42. The molecule has 88 valence electrons. The number of hydrogen-bond acceptors (Lipinski definition) is 3. The van der Waals surface area contributed by atoms with Gasteiger partial charge in [-0.1, -0.05) is 12.1 Å². The molecule has 17 heavy (non-hydrogen) atoms. The van der Waals surface area contributed by atoms with Crippen molar-refractivity contribution in [2.24, 2.45) is 0 Å². The van der Waals surface area contributed by atoms with Crippen molar-refractivity contribution in [2.45, 2.75) is 6.92 Å². The van der Waals surface area contributed by atoms with Gasteiger partial charge in [-0.05, 0) is 18.6 Å². The molecule has 0 fully saturated rings. The number of carbonyl (C=O) groups is 2. The number of carbonyl (C=O) groups excluding carboxylic acids is 2. The van der Waals surface area contributed by atoms with Crippen molar-refractivity contribution in [1.29, 1.82) is 5.26 Å². The third-order valence-corrected chi connectivity index (χ3v) is 1.97. The highest BCUT2D eigenvalue weighted by Crippen LogP contribution is 2.16. The molecule has 2 amide bonds. The first-order valence-electron chi connectivity index (χ1n) is 4.77. The number of halogens is 1. The van der Waals surface area contributed by atoms with Crippen LogP contribution >= 0.6 is 0 Å². The van der Waals surface area contributed by atoms with Gasteiger partial charge in [0.25, 0.3) is 0 Å². The number of rotatable bonds is 2. The highest BCUT2D eigenvalue weighted by molar-refractivity contribution is 6.39. The number of nitrogens with zero attached hydrogens (tertiary/aromatic N) is 1. The Kier molecular flexibility index (Phi) is 4.17. The first kappa shape index (κ1) is 12.6. The molecule has 2 N–H and O–H groups in total. The Morgan fingerprint density at radius 2 is 2.12 bits per heavy atom. The van der Waals surface area contributed by atoms with Crippen LogP contribution < -0.4 is 10.6 Å². The van der Waals surface area contributed by atoms with E-state index in [2.05, 4.69) is 10.6 Å². The summed E-state index contributed by atoms with van der Waals surface area (Å²) < 4.78 is 13.5. The Morgan fingerprint density at radius 1 is 1.41 bits per heavy atom. The lowest BCUT2D eigenvalue weighted by molar-refractivity contribution is -0.136. The summed E-state index contributed by atoms with van der Waals surface area (Å²) in [6.45, 7) is 1.27. The van der Waals surface area contributed by atoms with Crippen LogP contribution in [0.4, 0.5) is 10.1 Å². The lowest BCUT2D eigenvalue weighted by Crippen LogP contribution is -2.35. The molecule has 1 aromatic carbocycles. The summed E-state index contributed by atoms with van der Waals surface area (Å²) in [6, 6.07) is 6.10. The predicted octanol–water partition coefficient (Wildman–Crippen LogP) is 0.712. The predicted molar refractivity (Wildman–Crippen MR) is 58.4 cm³/mol. The van der Waals surface area contributed by atoms with Gasteiger partial charge in [0.15, 0.2) is 0 Å². The fraction of sp³-hybridized carbons (Fsp3) is 0.182. The Balaban J connectivity index is 2.72. The van der Waals surface area contributed by atoms with Crippen LogP contribution in [-0.4, -0.2) is 18.4 Å². The van der Waals surface area contributed by atoms with Crippen molar-refractivity contribution in [3.05, 3.63) is 29.6 Å². The molecule has 1 rings (SSSR count). The molecular formula is C11H10FN3O2. The fourth-order valence-electron chi connectivity index (χ4n) is 1.12. The van der Waals surface area contributed by atoms with Crippen LogP contribution in [-0.2, 0) is 9.59 Å². The number of nitriles is 1. The van der Waals surface area contributed by atoms with E-state index < -0.39 is 17.6 Å². The molecular weight excluding hydrogens is 225 g/mol. The Morgan fingerprint density at radius 3 is 2.76 bits per heavy atom. The second-order valence-electron chi connectivity index (χ2n) is 3.23. The number of anilines is 1. The van der Waals surface area contributed by atoms with Crippen molar-refractivity contribution in [3.8, 4) is 6.07 Å². The van der Waals surface area contributed by atoms with Crippen LogP contribution in [0.25, 0.3) is 0 Å². The van der Waals surface area contributed by atoms with Crippen molar-refractivity contribution < 1.29 is 14.0 Å². The standard InChI is InChI=1S/C11H10FN3O2/c1-7-3-2-4-8(9(7)12)15-11(17)10(16)14-6-5-13/h2-4H,6H2,1H3,(H,14,16)(H,15,17). The molecule has 0 aromatic heterocycles. The summed E-state index contributed by atoms with van der Waals surface area (Å²) in [6.07, 6.45) is 0. The number of nitrogens with one attached hydrogen (secondary N) is 2. The Bertz CT molecular complexity index is 494. The summed E-state index contributed by atoms with van der Waals surface area (Å²) in [4.78, 5) is 22.4. The van der Waals surface area contributed by atoms with Crippen LogP contribution in [0.2, 0.25) is 0 Å². The number of benzene rings is 1. The number of hydrogen-bond donors (Lipinski definition) is 2. The van der Waals surface area contributed by atoms with E-state index in [-0.39, 0.29) is 12.2 Å². The van der Waals surface area contributed by atoms with Crippen LogP contribution in [0.15, 0.2) is 18.2 Å². The average Bonchev–Trinajstić information content (AvgIpc) is 2.31. The van der Waals surface area contributed by atoms with Gasteiger partial charge >= 0.3 is 11.8 Å². The highest BCUT2D eigenvalue weighted by atomic mass is 19.1. The number of amides is 2. The highest BCUT2D eigenvalue weighted by Gasteiger charge is 2.15. The molecule has 6 heteroatoms. The monoisotopic (exact) mass is 235 g/mol. The largest absolute Gasteiger partial charge is 0.335 e. The van der Waals surface area contributed by atoms with Crippen LogP contribution in [0.5, 0.6) is 0 Å². The minimum absolute atomic E-state index is 0.0675. The lowest BCUT2D eigenvalue weighted by atomic mass is 10.2. The third kappa shape index (κ3) is 3.28. The summed E-state index contributed by atoms with van der Waals surface area (Å²) >= 11 is 0. The number of aryl methyl sites for hydroxylation is 1. The van der Waals surface area contributed by atoms with E-state index in [9.17, 15) is 14.0 Å². The molecule has 0 atom stereocenters. The molecule has 0 bridgehead atoms. The van der Waals surface area contributed by atoms with Gasteiger partial charge in [-0.25, -0.2) is 4.39 Å². The normalized spacial score (nSPS) is 9.24. The topological polar surface area (TPSA) is 82.0 Å².